The van der Waals surface area contributed by atoms with E-state index in [-0.39, 0.29) is 34.7 Å². The van der Waals surface area contributed by atoms with Gasteiger partial charge in [-0.05, 0) is 102 Å². The molecule has 0 amide bonds. The maximum Gasteiger partial charge on any atom is 0.339 e. The first-order valence-electron chi connectivity index (χ1n) is 17.9. The highest BCUT2D eigenvalue weighted by molar-refractivity contribution is 6.06. The fourth-order valence-electron chi connectivity index (χ4n) is 11.3. The van der Waals surface area contributed by atoms with Crippen LogP contribution >= 0.6 is 0 Å². The number of hydrogen-bond acceptors (Lipinski definition) is 10. The van der Waals surface area contributed by atoms with E-state index >= 15 is 0 Å². The minimum absolute atomic E-state index is 0.0453. The number of Topliss-reactive ketones (excluding diaryl/α,β-unsaturated/α-hetero) is 1. The maximum absolute atomic E-state index is 14.3. The van der Waals surface area contributed by atoms with Crippen molar-refractivity contribution in [1.82, 2.24) is 0 Å². The summed E-state index contributed by atoms with van der Waals surface area (Å²) < 4.78 is 29.0. The van der Waals surface area contributed by atoms with Crippen LogP contribution in [0.5, 0.6) is 11.5 Å². The van der Waals surface area contributed by atoms with Crippen LogP contribution in [0.25, 0.3) is 0 Å². The molecular weight excluding hydrogens is 668 g/mol. The third kappa shape index (κ3) is 4.59. The van der Waals surface area contributed by atoms with Gasteiger partial charge in [-0.25, -0.2) is 4.79 Å². The third-order valence-electron chi connectivity index (χ3n) is 13.4. The topological polar surface area (TPSA) is 162 Å². The molecule has 0 bridgehead atoms. The van der Waals surface area contributed by atoms with E-state index in [4.69, 9.17) is 28.5 Å². The van der Waals surface area contributed by atoms with E-state index in [1.54, 1.807) is 44.6 Å². The molecule has 2 aromatic rings. The summed E-state index contributed by atoms with van der Waals surface area (Å²) in [7, 11) is 1.49. The van der Waals surface area contributed by atoms with Crippen LogP contribution in [0.3, 0.4) is 0 Å². The molecule has 3 fully saturated rings. The molecule has 4 aliphatic carbocycles. The van der Waals surface area contributed by atoms with Gasteiger partial charge in [-0.1, -0.05) is 19.9 Å². The lowest BCUT2D eigenvalue weighted by Crippen LogP contribution is -2.70. The Morgan fingerprint density at radius 2 is 1.73 bits per heavy atom. The SMILES string of the molecule is CC(=O)OC1CC2(C)C(c3ccoc3)CC3OC32C2(C)C(=O)C(O)=C3C(C)(C)C(=O)C=CC3(C)C12.COc1c(C(=O)O)ccc2c1CCC(C)(C)O2. The van der Waals surface area contributed by atoms with Crippen molar-refractivity contribution >= 4 is 23.5 Å². The molecule has 6 aliphatic rings. The summed E-state index contributed by atoms with van der Waals surface area (Å²) >= 11 is 0. The number of hydrogen-bond donors (Lipinski definition) is 2. The maximum atomic E-state index is 14.3. The van der Waals surface area contributed by atoms with E-state index in [2.05, 4.69) is 6.92 Å². The summed E-state index contributed by atoms with van der Waals surface area (Å²) in [5.41, 5.74) is -2.22. The highest BCUT2D eigenvalue weighted by Crippen LogP contribution is 2.81. The number of epoxide rings is 1. The van der Waals surface area contributed by atoms with Gasteiger partial charge in [0.25, 0.3) is 0 Å². The first-order chi connectivity index (χ1) is 24.2. The molecule has 2 saturated carbocycles. The lowest BCUT2D eigenvalue weighted by Gasteiger charge is -2.64. The Bertz CT molecular complexity index is 1950. The van der Waals surface area contributed by atoms with Gasteiger partial charge in [-0.3, -0.25) is 14.4 Å². The molecule has 11 nitrogen and oxygen atoms in total. The van der Waals surface area contributed by atoms with Crippen LogP contribution in [-0.2, 0) is 30.3 Å². The van der Waals surface area contributed by atoms with Crippen molar-refractivity contribution in [3.05, 3.63) is 70.9 Å². The highest BCUT2D eigenvalue weighted by atomic mass is 16.6. The van der Waals surface area contributed by atoms with E-state index in [1.165, 1.54) is 20.1 Å². The fourth-order valence-corrected chi connectivity index (χ4v) is 11.3. The van der Waals surface area contributed by atoms with Crippen molar-refractivity contribution in [3.8, 4) is 11.5 Å². The number of esters is 1. The number of allylic oxidation sites excluding steroid dienone is 4. The van der Waals surface area contributed by atoms with Crippen LogP contribution in [0.4, 0.5) is 0 Å². The minimum Gasteiger partial charge on any atom is -0.504 e. The molecule has 52 heavy (non-hydrogen) atoms. The lowest BCUT2D eigenvalue weighted by molar-refractivity contribution is -0.200. The molecule has 2 N–H and O–H groups in total. The molecule has 8 unspecified atom stereocenters. The van der Waals surface area contributed by atoms with Gasteiger partial charge in [-0.15, -0.1) is 0 Å². The average Bonchev–Trinajstić information content (AvgIpc) is 3.42. The highest BCUT2D eigenvalue weighted by Gasteiger charge is 2.89. The largest absolute Gasteiger partial charge is 0.504 e. The Balaban J connectivity index is 0.000000208. The fraction of sp³-hybridized carbons (Fsp3) is 0.561. The van der Waals surface area contributed by atoms with Gasteiger partial charge in [0.1, 0.15) is 34.4 Å². The molecule has 3 heterocycles. The smallest absolute Gasteiger partial charge is 0.339 e. The summed E-state index contributed by atoms with van der Waals surface area (Å²) in [6, 6.07) is 5.19. The second kappa shape index (κ2) is 11.3. The molecule has 1 aromatic carbocycles. The Kier molecular flexibility index (Phi) is 7.83. The number of carboxylic acid groups (broad SMARTS) is 1. The van der Waals surface area contributed by atoms with Crippen LogP contribution in [0.1, 0.15) is 102 Å². The standard InChI is InChI=1S/C28H32O7.C13H16O4/c1-14(29)34-17-12-26(5)16(15-8-10-33-13-15)11-19-28(26,35-19)27(6)21(17)25(4)9-7-18(30)24(2,3)22(25)20(31)23(27)32;1-13(2)7-6-8-10(17-13)5-4-9(12(14)15)11(8)16-3/h7-10,13,16-17,19,21,31H,11-12H2,1-6H3;4-5H,6-7H2,1-3H3,(H,14,15). The molecule has 0 radical (unpaired) electrons. The zero-order chi connectivity index (χ0) is 38.0. The summed E-state index contributed by atoms with van der Waals surface area (Å²) in [4.78, 5) is 50.7. The Labute approximate surface area is 303 Å². The van der Waals surface area contributed by atoms with Crippen molar-refractivity contribution in [2.24, 2.45) is 27.6 Å². The number of furan rings is 1. The van der Waals surface area contributed by atoms with E-state index in [0.29, 0.717) is 24.2 Å². The van der Waals surface area contributed by atoms with Crippen LogP contribution < -0.4 is 9.47 Å². The molecule has 11 heteroatoms. The average molecular weight is 717 g/mol. The minimum atomic E-state index is -1.17. The zero-order valence-electron chi connectivity index (χ0n) is 31.2. The van der Waals surface area contributed by atoms with Crippen molar-refractivity contribution in [2.75, 3.05) is 7.11 Å². The first kappa shape index (κ1) is 36.0. The van der Waals surface area contributed by atoms with Gasteiger partial charge < -0.3 is 33.6 Å². The molecule has 278 valence electrons. The number of aliphatic hydroxyl groups is 1. The number of aromatic carboxylic acids is 1. The lowest BCUT2D eigenvalue weighted by atomic mass is 9.38. The number of ether oxygens (including phenoxy) is 4. The van der Waals surface area contributed by atoms with E-state index < -0.39 is 57.0 Å². The predicted molar refractivity (Wildman–Crippen MR) is 187 cm³/mol. The van der Waals surface area contributed by atoms with Gasteiger partial charge in [0.05, 0.1) is 36.6 Å². The van der Waals surface area contributed by atoms with Gasteiger partial charge >= 0.3 is 11.9 Å². The summed E-state index contributed by atoms with van der Waals surface area (Å²) in [6.07, 6.45) is 8.79. The molecular formula is C41H48O11. The van der Waals surface area contributed by atoms with Crippen LogP contribution in [0, 0.1) is 27.6 Å². The van der Waals surface area contributed by atoms with Crippen LogP contribution in [0.15, 0.2) is 58.6 Å². The summed E-state index contributed by atoms with van der Waals surface area (Å²) in [6.45, 7) is 14.9. The quantitative estimate of drug-likeness (QED) is 0.249. The Morgan fingerprint density at radius 1 is 1.02 bits per heavy atom. The number of fused-ring (bicyclic) bond motifs is 4. The Morgan fingerprint density at radius 3 is 2.35 bits per heavy atom. The van der Waals surface area contributed by atoms with E-state index in [1.807, 2.05) is 33.8 Å². The number of rotatable bonds is 4. The van der Waals surface area contributed by atoms with Crippen molar-refractivity contribution in [3.63, 3.8) is 0 Å². The second-order valence-corrected chi connectivity index (χ2v) is 17.1. The number of carbonyl (C=O) groups is 4. The monoisotopic (exact) mass is 716 g/mol. The van der Waals surface area contributed by atoms with Crippen LogP contribution in [0.2, 0.25) is 0 Å². The van der Waals surface area contributed by atoms with Crippen molar-refractivity contribution in [2.45, 2.75) is 110 Å². The number of methoxy groups -OCH3 is 1. The normalized spacial score (nSPS) is 37.2. The van der Waals surface area contributed by atoms with Gasteiger partial charge in [0.15, 0.2) is 11.5 Å². The van der Waals surface area contributed by atoms with Crippen molar-refractivity contribution < 1.29 is 52.8 Å². The molecule has 1 saturated heterocycles. The van der Waals surface area contributed by atoms with Gasteiger partial charge in [0.2, 0.25) is 5.78 Å². The molecule has 2 aliphatic heterocycles. The number of ketones is 2. The molecule has 8 rings (SSSR count). The molecule has 1 aromatic heterocycles. The number of benzene rings is 1. The summed E-state index contributed by atoms with van der Waals surface area (Å²) in [5, 5.41) is 20.6. The number of carboxylic acids is 1. The third-order valence-corrected chi connectivity index (χ3v) is 13.4. The summed E-state index contributed by atoms with van der Waals surface area (Å²) in [5.74, 6) is -1.67. The number of aliphatic hydroxyl groups excluding tert-OH is 1. The Hall–Kier alpha value is -4.38. The first-order valence-corrected chi connectivity index (χ1v) is 17.9. The predicted octanol–water partition coefficient (Wildman–Crippen LogP) is 6.93. The van der Waals surface area contributed by atoms with Crippen LogP contribution in [-0.4, -0.2) is 64.2 Å². The molecule has 8 atom stereocenters. The second-order valence-electron chi connectivity index (χ2n) is 17.1. The van der Waals surface area contributed by atoms with E-state index in [0.717, 1.165) is 29.7 Å². The van der Waals surface area contributed by atoms with Gasteiger partial charge in [0, 0.05) is 29.2 Å². The molecule has 1 spiro atoms. The van der Waals surface area contributed by atoms with Gasteiger partial charge in [-0.2, -0.15) is 0 Å². The number of carbonyl (C=O) groups excluding carboxylic acids is 3. The van der Waals surface area contributed by atoms with Crippen molar-refractivity contribution in [1.29, 1.82) is 0 Å². The zero-order valence-corrected chi connectivity index (χ0v) is 31.2. The van der Waals surface area contributed by atoms with E-state index in [9.17, 15) is 24.3 Å².